The van der Waals surface area contributed by atoms with Crippen molar-refractivity contribution in [1.29, 1.82) is 0 Å². The van der Waals surface area contributed by atoms with E-state index in [0.717, 1.165) is 7.11 Å². The van der Waals surface area contributed by atoms with Gasteiger partial charge < -0.3 is 40.7 Å². The van der Waals surface area contributed by atoms with Gasteiger partial charge in [-0.05, 0) is 140 Å². The molecule has 242 valence electrons. The maximum atomic E-state index is 13.5. The van der Waals surface area contributed by atoms with Gasteiger partial charge in [-0.25, -0.2) is 9.59 Å². The molecule has 0 heterocycles. The van der Waals surface area contributed by atoms with Crippen LogP contribution in [-0.2, 0) is 36.7 Å². The number of rotatable bonds is 11. The Balaban J connectivity index is 2.33. The van der Waals surface area contributed by atoms with E-state index >= 15 is 0 Å². The molecule has 0 saturated carbocycles. The molecular formula is C28H33Br2I2N3O9. The number of esters is 1. The SMILES string of the molecule is COC(=O)C(Cc1cc(Br)c(O)c(Br)c1)NC(=O)[C@@H](NC(=O)[C@H](Cc1cc(I)c(O)c(I)c1)NC(=O)OC(C)(C)C)[C@@H](C)O. The number of aliphatic hydroxyl groups is 1. The molecule has 2 aromatic carbocycles. The van der Waals surface area contributed by atoms with Crippen LogP contribution in [0.15, 0.2) is 33.2 Å². The van der Waals surface area contributed by atoms with Gasteiger partial charge in [0.05, 0.1) is 29.3 Å². The average Bonchev–Trinajstić information content (AvgIpc) is 2.90. The smallest absolute Gasteiger partial charge is 0.408 e. The summed E-state index contributed by atoms with van der Waals surface area (Å²) in [6, 6.07) is 2.42. The Bertz CT molecular complexity index is 1360. The van der Waals surface area contributed by atoms with Crippen molar-refractivity contribution in [2.24, 2.45) is 0 Å². The fraction of sp³-hybridized carbons (Fsp3) is 0.429. The number of methoxy groups -OCH3 is 1. The number of hydrogen-bond donors (Lipinski definition) is 6. The Labute approximate surface area is 298 Å². The maximum Gasteiger partial charge on any atom is 0.408 e. The predicted molar refractivity (Wildman–Crippen MR) is 185 cm³/mol. The number of phenolic OH excluding ortho intramolecular Hbond substituents is 2. The van der Waals surface area contributed by atoms with Crippen molar-refractivity contribution in [3.05, 3.63) is 51.5 Å². The van der Waals surface area contributed by atoms with E-state index in [9.17, 15) is 34.5 Å². The number of phenols is 2. The van der Waals surface area contributed by atoms with E-state index in [1.807, 2.05) is 45.2 Å². The molecule has 0 spiro atoms. The number of aliphatic hydroxyl groups excluding tert-OH is 1. The molecular weight excluding hydrogens is 936 g/mol. The Morgan fingerprint density at radius 3 is 1.82 bits per heavy atom. The third-order valence-electron chi connectivity index (χ3n) is 5.91. The molecule has 0 bridgehead atoms. The van der Waals surface area contributed by atoms with Crippen LogP contribution in [0.2, 0.25) is 0 Å². The van der Waals surface area contributed by atoms with Gasteiger partial charge in [-0.2, -0.15) is 0 Å². The summed E-state index contributed by atoms with van der Waals surface area (Å²) in [6.45, 7) is 6.27. The molecule has 6 N–H and O–H groups in total. The lowest BCUT2D eigenvalue weighted by atomic mass is 10.0. The molecule has 1 unspecified atom stereocenters. The molecule has 2 rings (SSSR count). The lowest BCUT2D eigenvalue weighted by Crippen LogP contribution is -2.59. The van der Waals surface area contributed by atoms with Crippen molar-refractivity contribution in [2.75, 3.05) is 7.11 Å². The van der Waals surface area contributed by atoms with Crippen LogP contribution >= 0.6 is 77.0 Å². The minimum absolute atomic E-state index is 0.0408. The summed E-state index contributed by atoms with van der Waals surface area (Å²) in [6.07, 6.45) is -2.37. The molecule has 44 heavy (non-hydrogen) atoms. The Morgan fingerprint density at radius 1 is 0.841 bits per heavy atom. The zero-order chi connectivity index (χ0) is 33.5. The summed E-state index contributed by atoms with van der Waals surface area (Å²) in [5.74, 6) is -2.44. The first kappa shape index (κ1) is 38.3. The summed E-state index contributed by atoms with van der Waals surface area (Å²) in [5, 5.41) is 38.1. The molecule has 0 saturated heterocycles. The number of aromatic hydroxyl groups is 2. The minimum atomic E-state index is -1.53. The number of amides is 3. The van der Waals surface area contributed by atoms with E-state index in [-0.39, 0.29) is 24.3 Å². The van der Waals surface area contributed by atoms with E-state index in [0.29, 0.717) is 27.2 Å². The van der Waals surface area contributed by atoms with Crippen molar-refractivity contribution < 1.29 is 44.0 Å². The van der Waals surface area contributed by atoms with E-state index in [1.54, 1.807) is 45.0 Å². The van der Waals surface area contributed by atoms with E-state index < -0.39 is 53.7 Å². The van der Waals surface area contributed by atoms with Crippen LogP contribution < -0.4 is 16.0 Å². The first-order chi connectivity index (χ1) is 20.3. The number of nitrogens with one attached hydrogen (secondary N) is 3. The number of benzene rings is 2. The highest BCUT2D eigenvalue weighted by Crippen LogP contribution is 2.34. The highest BCUT2D eigenvalue weighted by atomic mass is 127. The molecule has 12 nitrogen and oxygen atoms in total. The summed E-state index contributed by atoms with van der Waals surface area (Å²) in [7, 11) is 1.15. The van der Waals surface area contributed by atoms with Crippen LogP contribution in [-0.4, -0.2) is 76.1 Å². The highest BCUT2D eigenvalue weighted by molar-refractivity contribution is 14.1. The van der Waals surface area contributed by atoms with Crippen molar-refractivity contribution in [2.45, 2.75) is 70.4 Å². The van der Waals surface area contributed by atoms with E-state index in [4.69, 9.17) is 9.47 Å². The highest BCUT2D eigenvalue weighted by Gasteiger charge is 2.33. The summed E-state index contributed by atoms with van der Waals surface area (Å²) in [5.41, 5.74) is 0.291. The van der Waals surface area contributed by atoms with Crippen molar-refractivity contribution in [3.63, 3.8) is 0 Å². The number of halogens is 4. The van der Waals surface area contributed by atoms with Crippen LogP contribution in [0.25, 0.3) is 0 Å². The normalized spacial score (nSPS) is 14.0. The molecule has 16 heteroatoms. The topological polar surface area (TPSA) is 184 Å². The second-order valence-corrected chi connectivity index (χ2v) is 14.8. The van der Waals surface area contributed by atoms with Gasteiger partial charge in [-0.1, -0.05) is 0 Å². The number of carbonyl (C=O) groups excluding carboxylic acids is 4. The predicted octanol–water partition coefficient (Wildman–Crippen LogP) is 4.03. The lowest BCUT2D eigenvalue weighted by molar-refractivity contribution is -0.145. The molecule has 2 aromatic rings. The minimum Gasteiger partial charge on any atom is -0.506 e. The van der Waals surface area contributed by atoms with Gasteiger partial charge in [0, 0.05) is 12.8 Å². The van der Waals surface area contributed by atoms with Crippen LogP contribution in [0, 0.1) is 7.14 Å². The van der Waals surface area contributed by atoms with Crippen molar-refractivity contribution >= 4 is 101 Å². The van der Waals surface area contributed by atoms with Gasteiger partial charge in [-0.3, -0.25) is 9.59 Å². The fourth-order valence-electron chi connectivity index (χ4n) is 3.86. The zero-order valence-electron chi connectivity index (χ0n) is 24.3. The fourth-order valence-corrected chi connectivity index (χ4v) is 7.04. The van der Waals surface area contributed by atoms with E-state index in [2.05, 4.69) is 47.8 Å². The Hall–Kier alpha value is -1.90. The van der Waals surface area contributed by atoms with Crippen LogP contribution in [0.1, 0.15) is 38.8 Å². The van der Waals surface area contributed by atoms with Crippen LogP contribution in [0.4, 0.5) is 4.79 Å². The van der Waals surface area contributed by atoms with Gasteiger partial charge in [0.1, 0.15) is 35.2 Å². The van der Waals surface area contributed by atoms with Gasteiger partial charge >= 0.3 is 12.1 Å². The largest absolute Gasteiger partial charge is 0.506 e. The van der Waals surface area contributed by atoms with Crippen LogP contribution in [0.3, 0.4) is 0 Å². The molecule has 0 aliphatic carbocycles. The van der Waals surface area contributed by atoms with Crippen LogP contribution in [0.5, 0.6) is 11.5 Å². The first-order valence-electron chi connectivity index (χ1n) is 13.0. The summed E-state index contributed by atoms with van der Waals surface area (Å²) >= 11 is 10.3. The quantitative estimate of drug-likeness (QED) is 0.143. The summed E-state index contributed by atoms with van der Waals surface area (Å²) in [4.78, 5) is 52.1. The lowest BCUT2D eigenvalue weighted by Gasteiger charge is -2.27. The Morgan fingerprint density at radius 2 is 1.34 bits per heavy atom. The summed E-state index contributed by atoms with van der Waals surface area (Å²) < 4.78 is 11.9. The average molecular weight is 969 g/mol. The first-order valence-corrected chi connectivity index (χ1v) is 16.8. The second kappa shape index (κ2) is 16.6. The van der Waals surface area contributed by atoms with Crippen molar-refractivity contribution in [3.8, 4) is 11.5 Å². The zero-order valence-corrected chi connectivity index (χ0v) is 31.8. The molecule has 4 atom stereocenters. The molecule has 0 aromatic heterocycles. The van der Waals surface area contributed by atoms with Gasteiger partial charge in [0.25, 0.3) is 0 Å². The maximum absolute atomic E-state index is 13.5. The third-order valence-corrected chi connectivity index (χ3v) is 8.76. The molecule has 0 aliphatic heterocycles. The molecule has 3 amide bonds. The molecule has 0 fully saturated rings. The van der Waals surface area contributed by atoms with Gasteiger partial charge in [0.2, 0.25) is 11.8 Å². The number of ether oxygens (including phenoxy) is 2. The number of hydrogen-bond acceptors (Lipinski definition) is 9. The Kier molecular flexibility index (Phi) is 14.4. The molecule has 0 radical (unpaired) electrons. The van der Waals surface area contributed by atoms with E-state index in [1.165, 1.54) is 6.92 Å². The number of carbonyl (C=O) groups is 4. The standard InChI is InChI=1S/C28H33Br2I2N3O9/c1-12(36)21(25(40)33-20(26(41)43-5)11-13-6-15(29)22(37)16(30)7-13)35-24(39)19(34-27(42)44-28(2,3)4)10-14-8-17(31)23(38)18(32)9-14/h6-9,12,19-21,36-38H,10-11H2,1-5H3,(H,33,40)(H,34,42)(H,35,39)/t12-,19+,20?,21+/m1/s1. The molecule has 0 aliphatic rings. The number of alkyl carbamates (subject to hydrolysis) is 1. The third kappa shape index (κ3) is 11.5. The van der Waals surface area contributed by atoms with Gasteiger partial charge in [-0.15, -0.1) is 0 Å². The second-order valence-electron chi connectivity index (χ2n) is 10.7. The van der Waals surface area contributed by atoms with Crippen molar-refractivity contribution in [1.82, 2.24) is 16.0 Å². The van der Waals surface area contributed by atoms with Gasteiger partial charge in [0.15, 0.2) is 0 Å². The monoisotopic (exact) mass is 967 g/mol.